The number of aryl methyl sites for hydroxylation is 1. The predicted octanol–water partition coefficient (Wildman–Crippen LogP) is 3.99. The van der Waals surface area contributed by atoms with Gasteiger partial charge in [0.25, 0.3) is 0 Å². The van der Waals surface area contributed by atoms with Crippen molar-refractivity contribution in [2.75, 3.05) is 11.9 Å². The molecule has 0 amide bonds. The van der Waals surface area contributed by atoms with Gasteiger partial charge in [0.15, 0.2) is 0 Å². The van der Waals surface area contributed by atoms with Gasteiger partial charge in [0.05, 0.1) is 0 Å². The van der Waals surface area contributed by atoms with Crippen LogP contribution in [-0.2, 0) is 0 Å². The van der Waals surface area contributed by atoms with Gasteiger partial charge in [-0.3, -0.25) is 0 Å². The fourth-order valence-corrected chi connectivity index (χ4v) is 2.32. The van der Waals surface area contributed by atoms with Crippen LogP contribution in [-0.4, -0.2) is 6.54 Å². The lowest BCUT2D eigenvalue weighted by atomic mass is 9.89. The summed E-state index contributed by atoms with van der Waals surface area (Å²) in [4.78, 5) is 0. The van der Waals surface area contributed by atoms with Crippen LogP contribution < -0.4 is 5.32 Å². The van der Waals surface area contributed by atoms with Gasteiger partial charge in [0.1, 0.15) is 0 Å². The minimum atomic E-state index is 0.903. The first kappa shape index (κ1) is 10.5. The minimum Gasteiger partial charge on any atom is -0.385 e. The van der Waals surface area contributed by atoms with Gasteiger partial charge in [0.2, 0.25) is 0 Å². The molecule has 0 atom stereocenters. The number of nitrogens with one attached hydrogen (secondary N) is 1. The number of benzene rings is 1. The van der Waals surface area contributed by atoms with E-state index in [1.54, 1.807) is 0 Å². The second-order valence-electron chi connectivity index (χ2n) is 4.75. The maximum Gasteiger partial charge on any atom is 0.0340 e. The molecule has 1 N–H and O–H groups in total. The Hall–Kier alpha value is -0.980. The number of anilines is 1. The quantitative estimate of drug-likeness (QED) is 0.783. The molecule has 1 nitrogen and oxygen atoms in total. The smallest absolute Gasteiger partial charge is 0.0340 e. The van der Waals surface area contributed by atoms with E-state index in [2.05, 4.69) is 36.5 Å². The van der Waals surface area contributed by atoms with Crippen LogP contribution in [0.1, 0.15) is 37.7 Å². The van der Waals surface area contributed by atoms with Crippen molar-refractivity contribution in [1.82, 2.24) is 0 Å². The lowest BCUT2D eigenvalue weighted by molar-refractivity contribution is 0.373. The Bertz CT molecular complexity index is 283. The highest BCUT2D eigenvalue weighted by molar-refractivity contribution is 5.44. The normalized spacial score (nSPS) is 17.7. The van der Waals surface area contributed by atoms with Crippen LogP contribution >= 0.6 is 0 Å². The Kier molecular flexibility index (Phi) is 3.65. The van der Waals surface area contributed by atoms with Gasteiger partial charge in [-0.2, -0.15) is 0 Å². The number of rotatable bonds is 3. The molecule has 1 aliphatic rings. The lowest BCUT2D eigenvalue weighted by Crippen LogP contribution is -2.16. The average Bonchev–Trinajstić information content (AvgIpc) is 2.30. The summed E-state index contributed by atoms with van der Waals surface area (Å²) in [5.74, 6) is 0.903. The van der Waals surface area contributed by atoms with Gasteiger partial charge in [-0.1, -0.05) is 37.0 Å². The molecular weight excluding hydrogens is 182 g/mol. The van der Waals surface area contributed by atoms with Crippen LogP contribution in [0.25, 0.3) is 0 Å². The molecule has 1 aromatic rings. The lowest BCUT2D eigenvalue weighted by Gasteiger charge is -2.22. The van der Waals surface area contributed by atoms with Crippen LogP contribution in [0.5, 0.6) is 0 Å². The zero-order valence-electron chi connectivity index (χ0n) is 9.63. The van der Waals surface area contributed by atoms with Crippen molar-refractivity contribution in [3.05, 3.63) is 29.8 Å². The van der Waals surface area contributed by atoms with Crippen LogP contribution in [0.2, 0.25) is 0 Å². The van der Waals surface area contributed by atoms with Gasteiger partial charge in [-0.25, -0.2) is 0 Å². The Morgan fingerprint density at radius 2 is 1.73 bits per heavy atom. The van der Waals surface area contributed by atoms with E-state index in [0.717, 1.165) is 12.5 Å². The van der Waals surface area contributed by atoms with Crippen molar-refractivity contribution < 1.29 is 0 Å². The third kappa shape index (κ3) is 3.26. The highest BCUT2D eigenvalue weighted by atomic mass is 14.9. The van der Waals surface area contributed by atoms with E-state index in [4.69, 9.17) is 0 Å². The standard InChI is InChI=1S/C14H21N/c1-12-7-9-14(10-8-12)15-11-13-5-3-2-4-6-13/h7-10,13,15H,2-6,11H2,1H3. The van der Waals surface area contributed by atoms with Crippen LogP contribution in [0, 0.1) is 12.8 Å². The minimum absolute atomic E-state index is 0.903. The molecule has 1 fully saturated rings. The summed E-state index contributed by atoms with van der Waals surface area (Å²) < 4.78 is 0. The largest absolute Gasteiger partial charge is 0.385 e. The molecule has 1 aliphatic carbocycles. The molecule has 1 saturated carbocycles. The van der Waals surface area contributed by atoms with Crippen molar-refractivity contribution in [1.29, 1.82) is 0 Å². The second kappa shape index (κ2) is 5.20. The molecule has 0 bridgehead atoms. The van der Waals surface area contributed by atoms with Gasteiger partial charge in [-0.15, -0.1) is 0 Å². The van der Waals surface area contributed by atoms with Gasteiger partial charge < -0.3 is 5.32 Å². The summed E-state index contributed by atoms with van der Waals surface area (Å²) in [7, 11) is 0. The van der Waals surface area contributed by atoms with E-state index in [1.807, 2.05) is 0 Å². The maximum atomic E-state index is 3.54. The zero-order valence-corrected chi connectivity index (χ0v) is 9.63. The molecule has 1 heteroatoms. The Labute approximate surface area is 92.9 Å². The zero-order chi connectivity index (χ0) is 10.5. The first-order chi connectivity index (χ1) is 7.34. The SMILES string of the molecule is Cc1ccc(NCC2CCCCC2)cc1. The van der Waals surface area contributed by atoms with Crippen molar-refractivity contribution in [3.8, 4) is 0 Å². The van der Waals surface area contributed by atoms with E-state index in [9.17, 15) is 0 Å². The van der Waals surface area contributed by atoms with E-state index in [0.29, 0.717) is 0 Å². The Balaban J connectivity index is 1.79. The fourth-order valence-electron chi connectivity index (χ4n) is 2.32. The van der Waals surface area contributed by atoms with E-state index in [1.165, 1.54) is 43.4 Å². The molecule has 15 heavy (non-hydrogen) atoms. The van der Waals surface area contributed by atoms with Crippen molar-refractivity contribution >= 4 is 5.69 Å². The van der Waals surface area contributed by atoms with E-state index < -0.39 is 0 Å². The van der Waals surface area contributed by atoms with Gasteiger partial charge >= 0.3 is 0 Å². The molecule has 0 aliphatic heterocycles. The number of hydrogen-bond donors (Lipinski definition) is 1. The summed E-state index contributed by atoms with van der Waals surface area (Å²) in [6.45, 7) is 3.29. The second-order valence-corrected chi connectivity index (χ2v) is 4.75. The highest BCUT2D eigenvalue weighted by Crippen LogP contribution is 2.23. The molecule has 82 valence electrons. The average molecular weight is 203 g/mol. The Morgan fingerprint density at radius 1 is 1.07 bits per heavy atom. The first-order valence-electron chi connectivity index (χ1n) is 6.15. The van der Waals surface area contributed by atoms with Gasteiger partial charge in [0, 0.05) is 12.2 Å². The molecule has 0 spiro atoms. The molecule has 0 aromatic heterocycles. The summed E-state index contributed by atoms with van der Waals surface area (Å²) >= 11 is 0. The van der Waals surface area contributed by atoms with Crippen molar-refractivity contribution in [3.63, 3.8) is 0 Å². The monoisotopic (exact) mass is 203 g/mol. The third-order valence-corrected chi connectivity index (χ3v) is 3.37. The van der Waals surface area contributed by atoms with Crippen LogP contribution in [0.3, 0.4) is 0 Å². The summed E-state index contributed by atoms with van der Waals surface area (Å²) in [5, 5.41) is 3.54. The molecule has 0 heterocycles. The molecule has 0 saturated heterocycles. The Morgan fingerprint density at radius 3 is 2.40 bits per heavy atom. The fraction of sp³-hybridized carbons (Fsp3) is 0.571. The topological polar surface area (TPSA) is 12.0 Å². The third-order valence-electron chi connectivity index (χ3n) is 3.37. The summed E-state index contributed by atoms with van der Waals surface area (Å²) in [6.07, 6.45) is 7.14. The van der Waals surface area contributed by atoms with E-state index in [-0.39, 0.29) is 0 Å². The first-order valence-corrected chi connectivity index (χ1v) is 6.15. The maximum absolute atomic E-state index is 3.54. The molecular formula is C14H21N. The van der Waals surface area contributed by atoms with Crippen LogP contribution in [0.4, 0.5) is 5.69 Å². The molecule has 2 rings (SSSR count). The van der Waals surface area contributed by atoms with Crippen LogP contribution in [0.15, 0.2) is 24.3 Å². The molecule has 0 radical (unpaired) electrons. The molecule has 0 unspecified atom stereocenters. The van der Waals surface area contributed by atoms with E-state index >= 15 is 0 Å². The predicted molar refractivity (Wildman–Crippen MR) is 66.2 cm³/mol. The highest BCUT2D eigenvalue weighted by Gasteiger charge is 2.12. The molecule has 1 aromatic carbocycles. The summed E-state index contributed by atoms with van der Waals surface area (Å²) in [5.41, 5.74) is 2.60. The van der Waals surface area contributed by atoms with Gasteiger partial charge in [-0.05, 0) is 37.8 Å². The van der Waals surface area contributed by atoms with Crippen molar-refractivity contribution in [2.24, 2.45) is 5.92 Å². The summed E-state index contributed by atoms with van der Waals surface area (Å²) in [6, 6.07) is 8.70. The van der Waals surface area contributed by atoms with Crippen molar-refractivity contribution in [2.45, 2.75) is 39.0 Å². The number of hydrogen-bond acceptors (Lipinski definition) is 1.